The maximum atomic E-state index is 13.4. The predicted molar refractivity (Wildman–Crippen MR) is 342 cm³/mol. The molecular formula is C71H117NO10. The number of carbonyl (C=O) groups is 2. The molecule has 1 aliphatic heterocycles. The van der Waals surface area contributed by atoms with Crippen LogP contribution < -0.4 is 5.32 Å². The van der Waals surface area contributed by atoms with Gasteiger partial charge in [-0.1, -0.05) is 276 Å². The van der Waals surface area contributed by atoms with E-state index in [0.29, 0.717) is 12.8 Å². The number of allylic oxidation sites excluding steroid dienone is 21. The minimum atomic E-state index is -1.63. The minimum Gasteiger partial charge on any atom is -0.454 e. The van der Waals surface area contributed by atoms with Gasteiger partial charge in [-0.25, -0.2) is 0 Å². The molecule has 0 spiro atoms. The Morgan fingerprint density at radius 1 is 0.500 bits per heavy atom. The molecule has 82 heavy (non-hydrogen) atoms. The van der Waals surface area contributed by atoms with E-state index in [1.165, 1.54) is 83.5 Å². The first-order chi connectivity index (χ1) is 40.2. The molecule has 0 aliphatic carbocycles. The van der Waals surface area contributed by atoms with Gasteiger partial charge in [-0.15, -0.1) is 0 Å². The topological polar surface area (TPSA) is 175 Å². The molecule has 8 unspecified atom stereocenters. The average Bonchev–Trinajstić information content (AvgIpc) is 3.48. The van der Waals surface area contributed by atoms with E-state index in [0.717, 1.165) is 109 Å². The lowest BCUT2D eigenvalue weighted by atomic mass is 9.99. The fraction of sp³-hybridized carbons (Fsp3) is 0.662. The zero-order valence-corrected chi connectivity index (χ0v) is 51.6. The first kappa shape index (κ1) is 75.8. The molecule has 1 aliphatic rings. The zero-order valence-electron chi connectivity index (χ0n) is 51.6. The van der Waals surface area contributed by atoms with Crippen molar-refractivity contribution in [2.45, 2.75) is 288 Å². The highest BCUT2D eigenvalue weighted by Gasteiger charge is 2.47. The number of nitrogens with one attached hydrogen (secondary N) is 1. The van der Waals surface area contributed by atoms with Crippen molar-refractivity contribution >= 4 is 11.9 Å². The number of esters is 1. The van der Waals surface area contributed by atoms with Crippen LogP contribution in [0.2, 0.25) is 0 Å². The Hall–Kier alpha value is -4.20. The van der Waals surface area contributed by atoms with Crippen LogP contribution in [0.4, 0.5) is 0 Å². The Labute approximate surface area is 499 Å². The van der Waals surface area contributed by atoms with E-state index < -0.39 is 67.4 Å². The Morgan fingerprint density at radius 2 is 0.939 bits per heavy atom. The van der Waals surface area contributed by atoms with E-state index in [2.05, 4.69) is 92.9 Å². The molecule has 6 N–H and O–H groups in total. The summed E-state index contributed by atoms with van der Waals surface area (Å²) in [5, 5.41) is 57.0. The SMILES string of the molecule is CC/C=C\C/C=C\C/C=C\C/C=C\C/C=C\CCCCCCCCCCCCCC(=O)OC1C(OCC(NC(=O)C(O)CCCC/C=C/C=C\C=C/C=C/C=C/CC)C(O)/C=C/CCCCCCCCCCCC)OC(CO)C(O)C1O. The molecule has 8 atom stereocenters. The molecule has 0 aromatic carbocycles. The van der Waals surface area contributed by atoms with E-state index in [4.69, 9.17) is 14.2 Å². The van der Waals surface area contributed by atoms with Crippen LogP contribution in [-0.4, -0.2) is 99.6 Å². The number of amides is 1. The summed E-state index contributed by atoms with van der Waals surface area (Å²) in [5.74, 6) is -1.25. The number of carbonyl (C=O) groups excluding carboxylic acids is 2. The summed E-state index contributed by atoms with van der Waals surface area (Å²) in [4.78, 5) is 26.6. The Bertz CT molecular complexity index is 1840. The van der Waals surface area contributed by atoms with Crippen molar-refractivity contribution in [3.63, 3.8) is 0 Å². The summed E-state index contributed by atoms with van der Waals surface area (Å²) in [6, 6.07) is -1.06. The van der Waals surface area contributed by atoms with Crippen molar-refractivity contribution in [1.29, 1.82) is 0 Å². The third-order valence-electron chi connectivity index (χ3n) is 14.4. The van der Waals surface area contributed by atoms with E-state index in [1.807, 2.05) is 60.8 Å². The molecule has 1 amide bonds. The van der Waals surface area contributed by atoms with Gasteiger partial charge in [0.25, 0.3) is 0 Å². The fourth-order valence-corrected chi connectivity index (χ4v) is 9.35. The van der Waals surface area contributed by atoms with Crippen LogP contribution in [0.25, 0.3) is 0 Å². The highest BCUT2D eigenvalue weighted by molar-refractivity contribution is 5.80. The summed E-state index contributed by atoms with van der Waals surface area (Å²) in [6.07, 6.45) is 70.7. The van der Waals surface area contributed by atoms with Gasteiger partial charge in [0.05, 0.1) is 25.4 Å². The Kier molecular flexibility index (Phi) is 52.9. The molecule has 11 nitrogen and oxygen atoms in total. The Morgan fingerprint density at radius 3 is 1.46 bits per heavy atom. The van der Waals surface area contributed by atoms with Gasteiger partial charge in [0.2, 0.25) is 5.91 Å². The van der Waals surface area contributed by atoms with Crippen LogP contribution in [0.5, 0.6) is 0 Å². The summed E-state index contributed by atoms with van der Waals surface area (Å²) in [7, 11) is 0. The van der Waals surface area contributed by atoms with Gasteiger partial charge in [-0.2, -0.15) is 0 Å². The summed E-state index contributed by atoms with van der Waals surface area (Å²) >= 11 is 0. The fourth-order valence-electron chi connectivity index (χ4n) is 9.35. The molecule has 0 aromatic rings. The maximum absolute atomic E-state index is 13.4. The molecular weight excluding hydrogens is 1030 g/mol. The lowest BCUT2D eigenvalue weighted by Gasteiger charge is -2.41. The molecule has 1 saturated heterocycles. The third kappa shape index (κ3) is 44.3. The molecule has 466 valence electrons. The molecule has 1 fully saturated rings. The lowest BCUT2D eigenvalue weighted by Crippen LogP contribution is -2.61. The van der Waals surface area contributed by atoms with Gasteiger partial charge in [0.1, 0.15) is 24.4 Å². The largest absolute Gasteiger partial charge is 0.454 e. The number of aliphatic hydroxyl groups is 5. The lowest BCUT2D eigenvalue weighted by molar-refractivity contribution is -0.305. The van der Waals surface area contributed by atoms with Crippen molar-refractivity contribution < 1.29 is 49.3 Å². The summed E-state index contributed by atoms with van der Waals surface area (Å²) < 4.78 is 17.6. The van der Waals surface area contributed by atoms with E-state index in [-0.39, 0.29) is 19.4 Å². The first-order valence-electron chi connectivity index (χ1n) is 32.5. The van der Waals surface area contributed by atoms with Crippen molar-refractivity contribution in [2.75, 3.05) is 13.2 Å². The van der Waals surface area contributed by atoms with Crippen LogP contribution in [0.1, 0.15) is 239 Å². The number of rotatable bonds is 53. The van der Waals surface area contributed by atoms with E-state index in [1.54, 1.807) is 6.08 Å². The Balaban J connectivity index is 2.61. The number of hydrogen-bond donors (Lipinski definition) is 6. The van der Waals surface area contributed by atoms with Gasteiger partial charge in [0.15, 0.2) is 12.4 Å². The van der Waals surface area contributed by atoms with Gasteiger partial charge >= 0.3 is 5.97 Å². The van der Waals surface area contributed by atoms with Crippen molar-refractivity contribution in [1.82, 2.24) is 5.32 Å². The molecule has 0 saturated carbocycles. The van der Waals surface area contributed by atoms with Crippen molar-refractivity contribution in [3.05, 3.63) is 134 Å². The molecule has 1 rings (SSSR count). The zero-order chi connectivity index (χ0) is 59.6. The quantitative estimate of drug-likeness (QED) is 0.0149. The molecule has 1 heterocycles. The second-order valence-corrected chi connectivity index (χ2v) is 21.9. The predicted octanol–water partition coefficient (Wildman–Crippen LogP) is 16.0. The van der Waals surface area contributed by atoms with Crippen LogP contribution in [0.15, 0.2) is 134 Å². The third-order valence-corrected chi connectivity index (χ3v) is 14.4. The smallest absolute Gasteiger partial charge is 0.306 e. The second kappa shape index (κ2) is 57.2. The molecule has 11 heteroatoms. The van der Waals surface area contributed by atoms with Crippen LogP contribution >= 0.6 is 0 Å². The monoisotopic (exact) mass is 1140 g/mol. The average molecular weight is 1140 g/mol. The number of ether oxygens (including phenoxy) is 3. The minimum absolute atomic E-state index is 0.106. The van der Waals surface area contributed by atoms with E-state index in [9.17, 15) is 35.1 Å². The first-order valence-corrected chi connectivity index (χ1v) is 32.5. The molecule has 0 aromatic heterocycles. The van der Waals surface area contributed by atoms with Gasteiger partial charge < -0.3 is 45.1 Å². The maximum Gasteiger partial charge on any atom is 0.306 e. The van der Waals surface area contributed by atoms with Gasteiger partial charge in [-0.05, 0) is 89.9 Å². The van der Waals surface area contributed by atoms with Crippen LogP contribution in [-0.2, 0) is 23.8 Å². The molecule has 0 bridgehead atoms. The van der Waals surface area contributed by atoms with Crippen LogP contribution in [0, 0.1) is 0 Å². The normalized spacial score (nSPS) is 19.5. The number of hydrogen-bond acceptors (Lipinski definition) is 10. The van der Waals surface area contributed by atoms with Gasteiger partial charge in [-0.3, -0.25) is 9.59 Å². The van der Waals surface area contributed by atoms with Crippen molar-refractivity contribution in [3.8, 4) is 0 Å². The number of unbranched alkanes of at least 4 members (excludes halogenated alkanes) is 23. The van der Waals surface area contributed by atoms with Crippen LogP contribution in [0.3, 0.4) is 0 Å². The van der Waals surface area contributed by atoms with E-state index >= 15 is 0 Å². The molecule has 0 radical (unpaired) electrons. The highest BCUT2D eigenvalue weighted by Crippen LogP contribution is 2.26. The second-order valence-electron chi connectivity index (χ2n) is 21.9. The number of aliphatic hydroxyl groups excluding tert-OH is 5. The van der Waals surface area contributed by atoms with Gasteiger partial charge in [0, 0.05) is 6.42 Å². The van der Waals surface area contributed by atoms with Crippen molar-refractivity contribution in [2.24, 2.45) is 0 Å². The standard InChI is InChI=1S/C71H117NO10/c1-4-7-10-13-16-19-22-25-27-28-29-30-31-32-33-34-35-36-37-38-39-41-44-47-50-53-56-59-66(76)82-69-68(78)67(77)65(60-73)81-71(69)80-61-62(63(74)57-54-51-48-45-42-24-21-18-15-12-9-6-3)72-70(79)64(75)58-55-52-49-46-43-40-26-23-20-17-14-11-8-5-2/h7-8,10-11,14,16-17,19-20,23,25-27,29-30,32-33,40,43,46,54,57,62-65,67-69,71,73-75,77-78H,4-6,9,12-13,15,18,21-22,24,28,31,34-39,41-42,44-45,47-53,55-56,58-61H2,1-3H3,(H,72,79)/b10-7-,11-8+,17-14+,19-16-,23-20-,27-25-,30-29-,33-32-,40-26-,46-43+,57-54+. The summed E-state index contributed by atoms with van der Waals surface area (Å²) in [5.41, 5.74) is 0. The summed E-state index contributed by atoms with van der Waals surface area (Å²) in [6.45, 7) is 5.49. The highest BCUT2D eigenvalue weighted by atomic mass is 16.7.